The second-order valence-corrected chi connectivity index (χ2v) is 8.53. The minimum Gasteiger partial charge on any atom is -0.324 e. The van der Waals surface area contributed by atoms with E-state index < -0.39 is 17.8 Å². The molecule has 1 saturated heterocycles. The maximum Gasteiger partial charge on any atom is 0.418 e. The van der Waals surface area contributed by atoms with Crippen LogP contribution in [0.15, 0.2) is 54.6 Å². The lowest BCUT2D eigenvalue weighted by Crippen LogP contribution is -2.41. The first kappa shape index (κ1) is 22.7. The number of hydrogen-bond donors (Lipinski definition) is 2. The van der Waals surface area contributed by atoms with Crippen molar-refractivity contribution in [2.75, 3.05) is 23.7 Å². The molecule has 1 aliphatic rings. The Balaban J connectivity index is 1.41. The lowest BCUT2D eigenvalue weighted by molar-refractivity contribution is -0.136. The van der Waals surface area contributed by atoms with Gasteiger partial charge in [0.15, 0.2) is 0 Å². The molecule has 0 aliphatic carbocycles. The number of likely N-dealkylation sites (tertiary alicyclic amines) is 1. The Morgan fingerprint density at radius 2 is 1.73 bits per heavy atom. The van der Waals surface area contributed by atoms with Gasteiger partial charge in [-0.25, -0.2) is 4.79 Å². The number of hydrogen-bond acceptors (Lipinski definition) is 5. The molecule has 2 heterocycles. The number of carbonyl (C=O) groups excluding carboxylic acids is 2. The Morgan fingerprint density at radius 1 is 1.00 bits per heavy atom. The van der Waals surface area contributed by atoms with Crippen LogP contribution in [-0.2, 0) is 6.18 Å². The van der Waals surface area contributed by atoms with E-state index in [1.165, 1.54) is 23.1 Å². The molecule has 172 valence electrons. The van der Waals surface area contributed by atoms with Crippen molar-refractivity contribution < 1.29 is 22.8 Å². The van der Waals surface area contributed by atoms with Crippen LogP contribution in [0.4, 0.5) is 29.3 Å². The zero-order valence-corrected chi connectivity index (χ0v) is 18.1. The second-order valence-electron chi connectivity index (χ2n) is 7.52. The predicted molar refractivity (Wildman–Crippen MR) is 118 cm³/mol. The molecule has 1 unspecified atom stereocenters. The highest BCUT2D eigenvalue weighted by Gasteiger charge is 2.34. The molecule has 2 N–H and O–H groups in total. The Bertz CT molecular complexity index is 1140. The van der Waals surface area contributed by atoms with Crippen LogP contribution in [0.3, 0.4) is 0 Å². The van der Waals surface area contributed by atoms with Crippen molar-refractivity contribution >= 4 is 34.6 Å². The van der Waals surface area contributed by atoms with E-state index in [0.29, 0.717) is 23.7 Å². The summed E-state index contributed by atoms with van der Waals surface area (Å²) in [6, 6.07) is 13.2. The lowest BCUT2D eigenvalue weighted by atomic mass is 9.99. The molecule has 0 saturated carbocycles. The van der Waals surface area contributed by atoms with Gasteiger partial charge in [0, 0.05) is 24.7 Å². The zero-order valence-electron chi connectivity index (χ0n) is 17.3. The van der Waals surface area contributed by atoms with Crippen LogP contribution in [-0.4, -0.2) is 40.1 Å². The molecule has 3 amide bonds. The number of halogens is 3. The second kappa shape index (κ2) is 9.57. The van der Waals surface area contributed by atoms with Crippen LogP contribution in [0.1, 0.15) is 39.1 Å². The SMILES string of the molecule is O=C(Nc1ccccc1)c1nnc(C2CCCN(C(=O)Nc3ccccc3C(F)(F)F)C2)s1. The number of carbonyl (C=O) groups is 2. The highest BCUT2D eigenvalue weighted by atomic mass is 32.1. The first-order valence-corrected chi connectivity index (χ1v) is 11.0. The van der Waals surface area contributed by atoms with Crippen molar-refractivity contribution in [1.82, 2.24) is 15.1 Å². The predicted octanol–water partition coefficient (Wildman–Crippen LogP) is 5.22. The summed E-state index contributed by atoms with van der Waals surface area (Å²) in [6.45, 7) is 0.686. The van der Waals surface area contributed by atoms with Crippen LogP contribution in [0.5, 0.6) is 0 Å². The summed E-state index contributed by atoms with van der Waals surface area (Å²) in [5.41, 5.74) is -0.545. The van der Waals surface area contributed by atoms with E-state index in [1.54, 1.807) is 24.3 Å². The van der Waals surface area contributed by atoms with E-state index in [1.807, 2.05) is 6.07 Å². The van der Waals surface area contributed by atoms with Crippen LogP contribution in [0, 0.1) is 0 Å². The standard InChI is InChI=1S/C22H20F3N5O2S/c23-22(24,25)16-10-4-5-11-17(16)27-21(32)30-12-6-7-14(13-30)19-28-29-20(33-19)18(31)26-15-8-2-1-3-9-15/h1-5,8-11,14H,6-7,12-13H2,(H,26,31)(H,27,32). The van der Waals surface area contributed by atoms with Gasteiger partial charge in [-0.15, -0.1) is 10.2 Å². The maximum absolute atomic E-state index is 13.2. The van der Waals surface area contributed by atoms with Crippen LogP contribution >= 0.6 is 11.3 Å². The summed E-state index contributed by atoms with van der Waals surface area (Å²) in [7, 11) is 0. The number of urea groups is 1. The summed E-state index contributed by atoms with van der Waals surface area (Å²) >= 11 is 1.15. The van der Waals surface area contributed by atoms with E-state index in [4.69, 9.17) is 0 Å². The first-order chi connectivity index (χ1) is 15.8. The van der Waals surface area contributed by atoms with Crippen LogP contribution in [0.25, 0.3) is 0 Å². The van der Waals surface area contributed by atoms with Gasteiger partial charge in [-0.05, 0) is 37.1 Å². The van der Waals surface area contributed by atoms with Crippen molar-refractivity contribution in [3.63, 3.8) is 0 Å². The number of benzene rings is 2. The van der Waals surface area contributed by atoms with Crippen molar-refractivity contribution in [1.29, 1.82) is 0 Å². The van der Waals surface area contributed by atoms with Gasteiger partial charge >= 0.3 is 12.2 Å². The number of para-hydroxylation sites is 2. The third-order valence-corrected chi connectivity index (χ3v) is 6.28. The van der Waals surface area contributed by atoms with E-state index >= 15 is 0 Å². The maximum atomic E-state index is 13.2. The Labute approximate surface area is 191 Å². The number of piperidine rings is 1. The molecule has 4 rings (SSSR count). The molecule has 1 aliphatic heterocycles. The van der Waals surface area contributed by atoms with Crippen LogP contribution < -0.4 is 10.6 Å². The fourth-order valence-electron chi connectivity index (χ4n) is 3.59. The average Bonchev–Trinajstić information content (AvgIpc) is 3.30. The number of alkyl halides is 3. The minimum absolute atomic E-state index is 0.155. The number of rotatable bonds is 4. The Kier molecular flexibility index (Phi) is 6.59. The largest absolute Gasteiger partial charge is 0.418 e. The van der Waals surface area contributed by atoms with E-state index in [2.05, 4.69) is 20.8 Å². The van der Waals surface area contributed by atoms with Gasteiger partial charge in [-0.3, -0.25) is 4.79 Å². The zero-order chi connectivity index (χ0) is 23.4. The van der Waals surface area contributed by atoms with Gasteiger partial charge < -0.3 is 15.5 Å². The fraction of sp³-hybridized carbons (Fsp3) is 0.273. The molecule has 1 atom stereocenters. The van der Waals surface area contributed by atoms with E-state index in [-0.39, 0.29) is 29.1 Å². The van der Waals surface area contributed by atoms with Crippen molar-refractivity contribution in [3.8, 4) is 0 Å². The number of anilines is 2. The monoisotopic (exact) mass is 475 g/mol. The highest BCUT2D eigenvalue weighted by molar-refractivity contribution is 7.13. The molecule has 0 bridgehead atoms. The molecule has 0 radical (unpaired) electrons. The quantitative estimate of drug-likeness (QED) is 0.542. The third kappa shape index (κ3) is 5.48. The Morgan fingerprint density at radius 3 is 2.48 bits per heavy atom. The number of nitrogens with one attached hydrogen (secondary N) is 2. The molecule has 1 fully saturated rings. The summed E-state index contributed by atoms with van der Waals surface area (Å²) in [5.74, 6) is -0.530. The van der Waals surface area contributed by atoms with Gasteiger partial charge in [0.05, 0.1) is 11.3 Å². The normalized spacial score (nSPS) is 16.3. The molecular formula is C22H20F3N5O2S. The number of nitrogens with zero attached hydrogens (tertiary/aromatic N) is 3. The Hall–Kier alpha value is -3.47. The highest BCUT2D eigenvalue weighted by Crippen LogP contribution is 2.35. The van der Waals surface area contributed by atoms with E-state index in [0.717, 1.165) is 23.8 Å². The van der Waals surface area contributed by atoms with Crippen molar-refractivity contribution in [2.24, 2.45) is 0 Å². The van der Waals surface area contributed by atoms with Gasteiger partial charge in [0.1, 0.15) is 5.01 Å². The average molecular weight is 475 g/mol. The van der Waals surface area contributed by atoms with Crippen molar-refractivity contribution in [3.05, 3.63) is 70.2 Å². The summed E-state index contributed by atoms with van der Waals surface area (Å²) < 4.78 is 39.7. The fourth-order valence-corrected chi connectivity index (χ4v) is 4.46. The number of aromatic nitrogens is 2. The summed E-state index contributed by atoms with van der Waals surface area (Å²) in [5, 5.41) is 14.0. The van der Waals surface area contributed by atoms with Gasteiger partial charge in [0.2, 0.25) is 5.01 Å². The lowest BCUT2D eigenvalue weighted by Gasteiger charge is -2.31. The molecule has 3 aromatic rings. The smallest absolute Gasteiger partial charge is 0.324 e. The number of amides is 3. The van der Waals surface area contributed by atoms with Gasteiger partial charge in [-0.1, -0.05) is 41.7 Å². The first-order valence-electron chi connectivity index (χ1n) is 10.2. The molecule has 2 aromatic carbocycles. The molecule has 0 spiro atoms. The van der Waals surface area contributed by atoms with Crippen molar-refractivity contribution in [2.45, 2.75) is 24.9 Å². The molecule has 1 aromatic heterocycles. The molecule has 33 heavy (non-hydrogen) atoms. The van der Waals surface area contributed by atoms with Crippen LogP contribution in [0.2, 0.25) is 0 Å². The topological polar surface area (TPSA) is 87.2 Å². The summed E-state index contributed by atoms with van der Waals surface area (Å²) in [6.07, 6.45) is -3.18. The molecular weight excluding hydrogens is 455 g/mol. The molecule has 11 heteroatoms. The van der Waals surface area contributed by atoms with Gasteiger partial charge in [-0.2, -0.15) is 13.2 Å². The van der Waals surface area contributed by atoms with E-state index in [9.17, 15) is 22.8 Å². The third-order valence-electron chi connectivity index (χ3n) is 5.20. The molecule has 7 nitrogen and oxygen atoms in total. The summed E-state index contributed by atoms with van der Waals surface area (Å²) in [4.78, 5) is 26.6. The minimum atomic E-state index is -4.57. The van der Waals surface area contributed by atoms with Gasteiger partial charge in [0.25, 0.3) is 5.91 Å².